The number of carbonyl (C=O) groups is 1. The Morgan fingerprint density at radius 3 is 2.63 bits per heavy atom. The zero-order valence-electron chi connectivity index (χ0n) is 16.7. The summed E-state index contributed by atoms with van der Waals surface area (Å²) >= 11 is 0. The molecule has 0 radical (unpaired) electrons. The number of nitro groups is 1. The summed E-state index contributed by atoms with van der Waals surface area (Å²) in [7, 11) is 0. The molecule has 0 bridgehead atoms. The van der Waals surface area contributed by atoms with Crippen LogP contribution in [0.2, 0.25) is 0 Å². The molecular weight excluding hydrogens is 410 g/mol. The first-order valence-corrected chi connectivity index (χ1v) is 9.78. The highest BCUT2D eigenvalue weighted by Crippen LogP contribution is 2.26. The summed E-state index contributed by atoms with van der Waals surface area (Å²) in [5.74, 6) is -0.330. The number of aromatic nitrogens is 2. The van der Waals surface area contributed by atoms with Gasteiger partial charge in [-0.3, -0.25) is 19.7 Å². The molecule has 1 amide bonds. The number of para-hydroxylation sites is 2. The Hall–Kier alpha value is -2.78. The average Bonchev–Trinajstić information content (AvgIpc) is 2.72. The maximum absolute atomic E-state index is 12.8. The van der Waals surface area contributed by atoms with E-state index in [1.165, 1.54) is 29.3 Å². The Morgan fingerprint density at radius 1 is 1.33 bits per heavy atom. The monoisotopic (exact) mass is 435 g/mol. The molecule has 9 nitrogen and oxygen atoms in total. The number of nitrogens with one attached hydrogen (secondary N) is 1. The molecule has 30 heavy (non-hydrogen) atoms. The number of rotatable bonds is 6. The highest BCUT2D eigenvalue weighted by atomic mass is 35.5. The fraction of sp³-hybridized carbons (Fsp3) is 0.450. The molecule has 1 heterocycles. The summed E-state index contributed by atoms with van der Waals surface area (Å²) < 4.78 is 1.26. The number of nitrogens with zero attached hydrogens (tertiary/aromatic N) is 3. The largest absolute Gasteiger partial charge is 0.346 e. The average molecular weight is 436 g/mol. The molecule has 1 aromatic carbocycles. The minimum atomic E-state index is -0.608. The second-order valence-electron chi connectivity index (χ2n) is 7.37. The first kappa shape index (κ1) is 23.5. The number of hydrogen-bond acceptors (Lipinski definition) is 6. The van der Waals surface area contributed by atoms with E-state index in [-0.39, 0.29) is 48.0 Å². The molecule has 1 aromatic heterocycles. The molecule has 1 unspecified atom stereocenters. The molecule has 0 spiro atoms. The van der Waals surface area contributed by atoms with Gasteiger partial charge in [-0.1, -0.05) is 31.4 Å². The SMILES string of the molecule is Cc1cc(=O)c(C(=O)NC(CN)C2CCCCC2)nn1-c1ccccc1[N+](=O)[O-].Cl. The Balaban J connectivity index is 0.00000320. The van der Waals surface area contributed by atoms with E-state index >= 15 is 0 Å². The summed E-state index contributed by atoms with van der Waals surface area (Å²) in [6, 6.07) is 7.08. The van der Waals surface area contributed by atoms with Gasteiger partial charge in [-0.05, 0) is 31.7 Å². The molecule has 1 atom stereocenters. The maximum atomic E-state index is 12.8. The van der Waals surface area contributed by atoms with Crippen LogP contribution >= 0.6 is 12.4 Å². The Bertz CT molecular complexity index is 972. The van der Waals surface area contributed by atoms with Gasteiger partial charge < -0.3 is 11.1 Å². The second-order valence-corrected chi connectivity index (χ2v) is 7.37. The standard InChI is InChI=1S/C20H25N5O4.ClH/c1-13-11-18(26)19(20(27)22-15(12-21)14-7-3-2-4-8-14)23-24(13)16-9-5-6-10-17(16)25(28)29;/h5-6,9-11,14-15H,2-4,7-8,12,21H2,1H3,(H,22,27);1H. The van der Waals surface area contributed by atoms with Crippen LogP contribution in [0.25, 0.3) is 5.69 Å². The molecule has 3 rings (SSSR count). The summed E-state index contributed by atoms with van der Waals surface area (Å²) in [6.07, 6.45) is 5.37. The first-order valence-electron chi connectivity index (χ1n) is 9.78. The van der Waals surface area contributed by atoms with Crippen molar-refractivity contribution in [2.24, 2.45) is 11.7 Å². The van der Waals surface area contributed by atoms with E-state index in [0.717, 1.165) is 25.7 Å². The number of nitro benzene ring substituents is 1. The number of nitrogens with two attached hydrogens (primary N) is 1. The molecular formula is C20H26ClN5O4. The van der Waals surface area contributed by atoms with E-state index in [1.807, 2.05) is 0 Å². The number of aryl methyl sites for hydroxylation is 1. The fourth-order valence-corrected chi connectivity index (χ4v) is 3.89. The van der Waals surface area contributed by atoms with E-state index in [1.54, 1.807) is 19.1 Å². The van der Waals surface area contributed by atoms with Crippen LogP contribution in [0.4, 0.5) is 5.69 Å². The lowest BCUT2D eigenvalue weighted by Gasteiger charge is -2.29. The van der Waals surface area contributed by atoms with Crippen LogP contribution in [0.3, 0.4) is 0 Å². The van der Waals surface area contributed by atoms with E-state index in [4.69, 9.17) is 5.73 Å². The second kappa shape index (κ2) is 10.3. The number of carbonyl (C=O) groups excluding carboxylic acids is 1. The highest BCUT2D eigenvalue weighted by Gasteiger charge is 2.26. The molecule has 0 saturated heterocycles. The van der Waals surface area contributed by atoms with E-state index in [2.05, 4.69) is 10.4 Å². The molecule has 1 saturated carbocycles. The number of amides is 1. The molecule has 3 N–H and O–H groups in total. The van der Waals surface area contributed by atoms with Gasteiger partial charge in [0, 0.05) is 30.4 Å². The normalized spacial score (nSPS) is 15.1. The highest BCUT2D eigenvalue weighted by molar-refractivity contribution is 5.92. The van der Waals surface area contributed by atoms with Gasteiger partial charge in [0.15, 0.2) is 5.69 Å². The summed E-state index contributed by atoms with van der Waals surface area (Å²) in [6.45, 7) is 1.89. The van der Waals surface area contributed by atoms with Crippen molar-refractivity contribution in [1.29, 1.82) is 0 Å². The zero-order valence-corrected chi connectivity index (χ0v) is 17.6. The minimum absolute atomic E-state index is 0. The third-order valence-electron chi connectivity index (χ3n) is 5.42. The topological polar surface area (TPSA) is 133 Å². The lowest BCUT2D eigenvalue weighted by molar-refractivity contribution is -0.384. The number of benzene rings is 1. The van der Waals surface area contributed by atoms with Crippen molar-refractivity contribution in [1.82, 2.24) is 15.1 Å². The van der Waals surface area contributed by atoms with Gasteiger partial charge in [-0.2, -0.15) is 5.10 Å². The third-order valence-corrected chi connectivity index (χ3v) is 5.42. The molecule has 2 aromatic rings. The van der Waals surface area contributed by atoms with Crippen molar-refractivity contribution in [3.05, 3.63) is 62.1 Å². The van der Waals surface area contributed by atoms with Crippen LogP contribution < -0.4 is 16.5 Å². The van der Waals surface area contributed by atoms with Crippen LogP contribution in [0.5, 0.6) is 0 Å². The van der Waals surface area contributed by atoms with Gasteiger partial charge in [-0.15, -0.1) is 12.4 Å². The van der Waals surface area contributed by atoms with E-state index < -0.39 is 16.3 Å². The first-order chi connectivity index (χ1) is 13.9. The number of hydrogen-bond donors (Lipinski definition) is 2. The van der Waals surface area contributed by atoms with Crippen molar-refractivity contribution >= 4 is 24.0 Å². The molecule has 10 heteroatoms. The predicted octanol–water partition coefficient (Wildman–Crippen LogP) is 2.51. The van der Waals surface area contributed by atoms with Gasteiger partial charge in [0.25, 0.3) is 11.6 Å². The van der Waals surface area contributed by atoms with Crippen LogP contribution in [0.1, 0.15) is 48.3 Å². The van der Waals surface area contributed by atoms with Crippen molar-refractivity contribution in [3.8, 4) is 5.69 Å². The van der Waals surface area contributed by atoms with Crippen molar-refractivity contribution < 1.29 is 9.72 Å². The third kappa shape index (κ3) is 5.03. The number of halogens is 1. The van der Waals surface area contributed by atoms with Crippen molar-refractivity contribution in [3.63, 3.8) is 0 Å². The lowest BCUT2D eigenvalue weighted by Crippen LogP contribution is -2.47. The fourth-order valence-electron chi connectivity index (χ4n) is 3.89. The zero-order chi connectivity index (χ0) is 21.0. The smallest absolute Gasteiger partial charge is 0.294 e. The quantitative estimate of drug-likeness (QED) is 0.529. The molecule has 0 aliphatic heterocycles. The molecule has 162 valence electrons. The van der Waals surface area contributed by atoms with Crippen LogP contribution in [-0.2, 0) is 0 Å². The van der Waals surface area contributed by atoms with Gasteiger partial charge in [0.2, 0.25) is 5.43 Å². The van der Waals surface area contributed by atoms with Crippen LogP contribution in [0.15, 0.2) is 35.1 Å². The van der Waals surface area contributed by atoms with E-state index in [0.29, 0.717) is 5.69 Å². The van der Waals surface area contributed by atoms with E-state index in [9.17, 15) is 19.7 Å². The Kier molecular flexibility index (Phi) is 8.08. The minimum Gasteiger partial charge on any atom is -0.346 e. The molecule has 1 aliphatic rings. The Morgan fingerprint density at radius 2 is 2.00 bits per heavy atom. The maximum Gasteiger partial charge on any atom is 0.294 e. The van der Waals surface area contributed by atoms with Crippen molar-refractivity contribution in [2.45, 2.75) is 45.1 Å². The van der Waals surface area contributed by atoms with Gasteiger partial charge in [0.1, 0.15) is 5.69 Å². The predicted molar refractivity (Wildman–Crippen MR) is 115 cm³/mol. The van der Waals surface area contributed by atoms with Gasteiger partial charge >= 0.3 is 0 Å². The van der Waals surface area contributed by atoms with Crippen molar-refractivity contribution in [2.75, 3.05) is 6.54 Å². The Labute approximate surface area is 180 Å². The summed E-state index contributed by atoms with van der Waals surface area (Å²) in [5, 5.41) is 18.4. The summed E-state index contributed by atoms with van der Waals surface area (Å²) in [4.78, 5) is 36.1. The van der Waals surface area contributed by atoms with Gasteiger partial charge in [0.05, 0.1) is 4.92 Å². The molecule has 1 aliphatic carbocycles. The van der Waals surface area contributed by atoms with Gasteiger partial charge in [-0.25, -0.2) is 4.68 Å². The van der Waals surface area contributed by atoms with Crippen LogP contribution in [0, 0.1) is 23.0 Å². The summed E-state index contributed by atoms with van der Waals surface area (Å²) in [5.41, 5.74) is 5.45. The lowest BCUT2D eigenvalue weighted by atomic mass is 9.84. The molecule has 1 fully saturated rings. The van der Waals surface area contributed by atoms with Crippen LogP contribution in [-0.4, -0.2) is 33.2 Å².